The molecule has 1 unspecified atom stereocenters. The monoisotopic (exact) mass is 269 g/mol. The summed E-state index contributed by atoms with van der Waals surface area (Å²) in [6.07, 6.45) is 3.49. The van der Waals surface area contributed by atoms with Crippen molar-refractivity contribution in [2.45, 2.75) is 31.7 Å². The lowest BCUT2D eigenvalue weighted by Crippen LogP contribution is -2.54. The Hall–Kier alpha value is -1.79. The van der Waals surface area contributed by atoms with Gasteiger partial charge in [-0.1, -0.05) is 0 Å². The van der Waals surface area contributed by atoms with Gasteiger partial charge < -0.3 is 20.6 Å². The summed E-state index contributed by atoms with van der Waals surface area (Å²) in [6.45, 7) is 0.759. The summed E-state index contributed by atoms with van der Waals surface area (Å²) in [5.41, 5.74) is 0. The van der Waals surface area contributed by atoms with Crippen LogP contribution in [0.1, 0.15) is 25.7 Å². The number of hydrogen-bond acceptors (Lipinski definition) is 3. The van der Waals surface area contributed by atoms with Gasteiger partial charge in [0.1, 0.15) is 12.6 Å². The average molecular weight is 269 g/mol. The van der Waals surface area contributed by atoms with Crippen LogP contribution in [0.15, 0.2) is 0 Å². The molecule has 1 heterocycles. The van der Waals surface area contributed by atoms with Crippen molar-refractivity contribution in [1.82, 2.24) is 15.5 Å². The van der Waals surface area contributed by atoms with E-state index in [-0.39, 0.29) is 12.5 Å². The molecule has 1 aliphatic heterocycles. The highest BCUT2D eigenvalue weighted by Crippen LogP contribution is 2.29. The van der Waals surface area contributed by atoms with Gasteiger partial charge in [0.15, 0.2) is 0 Å². The first-order valence-corrected chi connectivity index (χ1v) is 6.61. The molecule has 1 aliphatic carbocycles. The molecule has 2 fully saturated rings. The Balaban J connectivity index is 1.89. The van der Waals surface area contributed by atoms with E-state index in [1.165, 1.54) is 4.90 Å². The fourth-order valence-corrected chi connectivity index (χ4v) is 2.14. The van der Waals surface area contributed by atoms with Crippen molar-refractivity contribution in [3.05, 3.63) is 0 Å². The van der Waals surface area contributed by atoms with Crippen LogP contribution in [0.4, 0.5) is 4.79 Å². The third-order valence-electron chi connectivity index (χ3n) is 3.37. The average Bonchev–Trinajstić information content (AvgIpc) is 3.14. The second kappa shape index (κ2) is 5.90. The van der Waals surface area contributed by atoms with Gasteiger partial charge in [0.2, 0.25) is 5.91 Å². The molecule has 1 saturated heterocycles. The van der Waals surface area contributed by atoms with Crippen molar-refractivity contribution in [3.8, 4) is 0 Å². The molecular formula is C12H19N3O4. The number of urea groups is 1. The minimum atomic E-state index is -1.04. The number of carboxylic acids is 1. The molecule has 7 heteroatoms. The summed E-state index contributed by atoms with van der Waals surface area (Å²) in [7, 11) is 0. The van der Waals surface area contributed by atoms with Crippen LogP contribution >= 0.6 is 0 Å². The van der Waals surface area contributed by atoms with E-state index < -0.39 is 18.0 Å². The maximum Gasteiger partial charge on any atom is 0.323 e. The molecule has 7 nitrogen and oxygen atoms in total. The molecule has 0 radical (unpaired) electrons. The first kappa shape index (κ1) is 13.6. The predicted octanol–water partition coefficient (Wildman–Crippen LogP) is -0.229. The van der Waals surface area contributed by atoms with E-state index in [9.17, 15) is 14.4 Å². The van der Waals surface area contributed by atoms with Gasteiger partial charge in [0.25, 0.3) is 0 Å². The predicted molar refractivity (Wildman–Crippen MR) is 66.5 cm³/mol. The number of nitrogens with one attached hydrogen (secondary N) is 2. The van der Waals surface area contributed by atoms with Gasteiger partial charge in [-0.05, 0) is 31.6 Å². The molecule has 3 amide bonds. The van der Waals surface area contributed by atoms with Crippen molar-refractivity contribution in [1.29, 1.82) is 0 Å². The Morgan fingerprint density at radius 1 is 1.37 bits per heavy atom. The summed E-state index contributed by atoms with van der Waals surface area (Å²) in [4.78, 5) is 35.6. The number of amides is 3. The number of carbonyl (C=O) groups excluding carboxylic acids is 2. The summed E-state index contributed by atoms with van der Waals surface area (Å²) < 4.78 is 0. The molecule has 0 spiro atoms. The van der Waals surface area contributed by atoms with Crippen molar-refractivity contribution in [2.24, 2.45) is 5.92 Å². The van der Waals surface area contributed by atoms with Gasteiger partial charge in [0.05, 0.1) is 0 Å². The van der Waals surface area contributed by atoms with Crippen molar-refractivity contribution >= 4 is 17.9 Å². The second-order valence-electron chi connectivity index (χ2n) is 5.15. The Morgan fingerprint density at radius 3 is 2.68 bits per heavy atom. The molecule has 0 aromatic carbocycles. The highest BCUT2D eigenvalue weighted by Gasteiger charge is 2.30. The van der Waals surface area contributed by atoms with Crippen LogP contribution in [0, 0.1) is 5.92 Å². The second-order valence-corrected chi connectivity index (χ2v) is 5.15. The Labute approximate surface area is 111 Å². The summed E-state index contributed by atoms with van der Waals surface area (Å²) in [5, 5.41) is 14.1. The van der Waals surface area contributed by atoms with Gasteiger partial charge in [-0.25, -0.2) is 4.79 Å². The minimum Gasteiger partial charge on any atom is -0.480 e. The maximum atomic E-state index is 12.0. The van der Waals surface area contributed by atoms with E-state index in [1.54, 1.807) is 0 Å². The van der Waals surface area contributed by atoms with E-state index in [2.05, 4.69) is 10.6 Å². The SMILES string of the molecule is O=C(O)CN(CC1CC1)C(=O)NC1CCCNC1=O. The summed E-state index contributed by atoms with van der Waals surface area (Å²) in [5.74, 6) is -0.824. The van der Waals surface area contributed by atoms with Gasteiger partial charge in [0, 0.05) is 13.1 Å². The molecule has 106 valence electrons. The third-order valence-corrected chi connectivity index (χ3v) is 3.37. The Bertz CT molecular complexity index is 381. The first-order valence-electron chi connectivity index (χ1n) is 6.61. The number of carboxylic acid groups (broad SMARTS) is 1. The van der Waals surface area contributed by atoms with Crippen molar-refractivity contribution in [3.63, 3.8) is 0 Å². The highest BCUT2D eigenvalue weighted by molar-refractivity contribution is 5.88. The van der Waals surface area contributed by atoms with E-state index >= 15 is 0 Å². The van der Waals surface area contributed by atoms with Crippen LogP contribution in [0.3, 0.4) is 0 Å². The van der Waals surface area contributed by atoms with Crippen LogP contribution in [0.25, 0.3) is 0 Å². The zero-order chi connectivity index (χ0) is 13.8. The number of carbonyl (C=O) groups is 3. The Morgan fingerprint density at radius 2 is 2.11 bits per heavy atom. The van der Waals surface area contributed by atoms with Crippen molar-refractivity contribution < 1.29 is 19.5 Å². The molecule has 1 saturated carbocycles. The van der Waals surface area contributed by atoms with Crippen molar-refractivity contribution in [2.75, 3.05) is 19.6 Å². The van der Waals surface area contributed by atoms with Crippen LogP contribution in [-0.4, -0.2) is 53.6 Å². The topological polar surface area (TPSA) is 98.7 Å². The molecule has 2 rings (SSSR count). The standard InChI is InChI=1S/C12H19N3O4/c16-10(17)7-15(6-8-3-4-8)12(19)14-9-2-1-5-13-11(9)18/h8-9H,1-7H2,(H,13,18)(H,14,19)(H,16,17). The number of nitrogens with zero attached hydrogens (tertiary/aromatic N) is 1. The highest BCUT2D eigenvalue weighted by atomic mass is 16.4. The zero-order valence-corrected chi connectivity index (χ0v) is 10.7. The normalized spacial score (nSPS) is 22.5. The van der Waals surface area contributed by atoms with Crippen LogP contribution in [-0.2, 0) is 9.59 Å². The fourth-order valence-electron chi connectivity index (χ4n) is 2.14. The lowest BCUT2D eigenvalue weighted by Gasteiger charge is -2.27. The zero-order valence-electron chi connectivity index (χ0n) is 10.7. The number of hydrogen-bond donors (Lipinski definition) is 3. The molecule has 0 aromatic heterocycles. The number of aliphatic carboxylic acids is 1. The largest absolute Gasteiger partial charge is 0.480 e. The van der Waals surface area contributed by atoms with Gasteiger partial charge in [-0.2, -0.15) is 0 Å². The molecule has 0 bridgehead atoms. The fraction of sp³-hybridized carbons (Fsp3) is 0.750. The number of piperidine rings is 1. The summed E-state index contributed by atoms with van der Waals surface area (Å²) >= 11 is 0. The lowest BCUT2D eigenvalue weighted by molar-refractivity contribution is -0.137. The van der Waals surface area contributed by atoms with Gasteiger partial charge >= 0.3 is 12.0 Å². The Kier molecular flexibility index (Phi) is 4.24. The molecular weight excluding hydrogens is 250 g/mol. The van der Waals surface area contributed by atoms with E-state index in [1.807, 2.05) is 0 Å². The van der Waals surface area contributed by atoms with Crippen LogP contribution in [0.2, 0.25) is 0 Å². The first-order chi connectivity index (χ1) is 9.06. The van der Waals surface area contributed by atoms with E-state index in [4.69, 9.17) is 5.11 Å². The summed E-state index contributed by atoms with van der Waals surface area (Å²) in [6, 6.07) is -1.01. The number of rotatable bonds is 5. The lowest BCUT2D eigenvalue weighted by atomic mass is 10.1. The maximum absolute atomic E-state index is 12.0. The molecule has 2 aliphatic rings. The van der Waals surface area contributed by atoms with Gasteiger partial charge in [-0.15, -0.1) is 0 Å². The molecule has 19 heavy (non-hydrogen) atoms. The molecule has 0 aromatic rings. The van der Waals surface area contributed by atoms with E-state index in [0.717, 1.165) is 19.3 Å². The van der Waals surface area contributed by atoms with E-state index in [0.29, 0.717) is 25.4 Å². The minimum absolute atomic E-state index is 0.193. The smallest absolute Gasteiger partial charge is 0.323 e. The van der Waals surface area contributed by atoms with Crippen LogP contribution < -0.4 is 10.6 Å². The molecule has 3 N–H and O–H groups in total. The molecule has 1 atom stereocenters. The van der Waals surface area contributed by atoms with Gasteiger partial charge in [-0.3, -0.25) is 9.59 Å². The van der Waals surface area contributed by atoms with Crippen LogP contribution in [0.5, 0.6) is 0 Å². The quantitative estimate of drug-likeness (QED) is 0.642. The third kappa shape index (κ3) is 4.11.